The lowest BCUT2D eigenvalue weighted by atomic mass is 10.1. The van der Waals surface area contributed by atoms with Gasteiger partial charge in [-0.05, 0) is 49.5 Å². The second kappa shape index (κ2) is 6.80. The summed E-state index contributed by atoms with van der Waals surface area (Å²) in [5.74, 6) is 0.353. The SMILES string of the molecule is O=C(/C=C/c1ccc(C(=O)NC2CC2)cc1)Nc1nc(C2CC2)cs1. The molecule has 0 unspecified atom stereocenters. The molecule has 2 amide bonds. The predicted octanol–water partition coefficient (Wildman–Crippen LogP) is 3.56. The van der Waals surface area contributed by atoms with Crippen LogP contribution in [-0.4, -0.2) is 22.8 Å². The number of rotatable bonds is 6. The van der Waals surface area contributed by atoms with Crippen LogP contribution in [0.15, 0.2) is 35.7 Å². The molecule has 25 heavy (non-hydrogen) atoms. The van der Waals surface area contributed by atoms with E-state index in [9.17, 15) is 9.59 Å². The Hall–Kier alpha value is -2.47. The van der Waals surface area contributed by atoms with Gasteiger partial charge in [-0.2, -0.15) is 0 Å². The number of benzene rings is 1. The summed E-state index contributed by atoms with van der Waals surface area (Å²) in [6.07, 6.45) is 7.76. The Balaban J connectivity index is 1.32. The van der Waals surface area contributed by atoms with Gasteiger partial charge in [0.05, 0.1) is 5.69 Å². The minimum atomic E-state index is -0.202. The molecule has 5 nitrogen and oxygen atoms in total. The molecular formula is C19H19N3O2S. The Kier molecular flexibility index (Phi) is 4.36. The summed E-state index contributed by atoms with van der Waals surface area (Å²) < 4.78 is 0. The van der Waals surface area contributed by atoms with Crippen LogP contribution in [0.3, 0.4) is 0 Å². The number of hydrogen-bond acceptors (Lipinski definition) is 4. The molecule has 1 aromatic carbocycles. The van der Waals surface area contributed by atoms with Gasteiger partial charge in [-0.3, -0.25) is 14.9 Å². The molecule has 128 valence electrons. The maximum absolute atomic E-state index is 12.0. The summed E-state index contributed by atoms with van der Waals surface area (Å²) in [7, 11) is 0. The maximum Gasteiger partial charge on any atom is 0.251 e. The van der Waals surface area contributed by atoms with E-state index < -0.39 is 0 Å². The van der Waals surface area contributed by atoms with Crippen molar-refractivity contribution in [2.75, 3.05) is 5.32 Å². The highest BCUT2D eigenvalue weighted by molar-refractivity contribution is 7.14. The third-order valence-electron chi connectivity index (χ3n) is 4.26. The molecule has 0 radical (unpaired) electrons. The van der Waals surface area contributed by atoms with Crippen LogP contribution in [0, 0.1) is 0 Å². The number of aromatic nitrogens is 1. The minimum absolute atomic E-state index is 0.0361. The fourth-order valence-electron chi connectivity index (χ4n) is 2.47. The molecule has 0 bridgehead atoms. The Morgan fingerprint density at radius 2 is 1.88 bits per heavy atom. The van der Waals surface area contributed by atoms with Crippen LogP contribution in [0.1, 0.15) is 53.2 Å². The van der Waals surface area contributed by atoms with Crippen molar-refractivity contribution in [3.8, 4) is 0 Å². The van der Waals surface area contributed by atoms with Crippen LogP contribution in [0.2, 0.25) is 0 Å². The first-order chi connectivity index (χ1) is 12.2. The predicted molar refractivity (Wildman–Crippen MR) is 98.7 cm³/mol. The van der Waals surface area contributed by atoms with Gasteiger partial charge in [0.15, 0.2) is 5.13 Å². The van der Waals surface area contributed by atoms with E-state index in [-0.39, 0.29) is 11.8 Å². The Morgan fingerprint density at radius 3 is 2.56 bits per heavy atom. The van der Waals surface area contributed by atoms with E-state index in [1.807, 2.05) is 17.5 Å². The lowest BCUT2D eigenvalue weighted by Crippen LogP contribution is -2.25. The zero-order valence-electron chi connectivity index (χ0n) is 13.7. The monoisotopic (exact) mass is 353 g/mol. The number of anilines is 1. The number of nitrogens with one attached hydrogen (secondary N) is 2. The van der Waals surface area contributed by atoms with E-state index in [0.717, 1.165) is 24.1 Å². The summed E-state index contributed by atoms with van der Waals surface area (Å²) in [5, 5.41) is 8.40. The van der Waals surface area contributed by atoms with Gasteiger partial charge in [-0.15, -0.1) is 11.3 Å². The Labute approximate surface area is 150 Å². The van der Waals surface area contributed by atoms with Crippen molar-refractivity contribution in [3.05, 3.63) is 52.5 Å². The molecule has 2 fully saturated rings. The second-order valence-electron chi connectivity index (χ2n) is 6.54. The van der Waals surface area contributed by atoms with Gasteiger partial charge in [0.25, 0.3) is 5.91 Å². The second-order valence-corrected chi connectivity index (χ2v) is 7.40. The summed E-state index contributed by atoms with van der Waals surface area (Å²) in [4.78, 5) is 28.4. The van der Waals surface area contributed by atoms with Crippen LogP contribution >= 0.6 is 11.3 Å². The third-order valence-corrected chi connectivity index (χ3v) is 5.04. The Morgan fingerprint density at radius 1 is 1.12 bits per heavy atom. The van der Waals surface area contributed by atoms with Gasteiger partial charge in [-0.1, -0.05) is 12.1 Å². The standard InChI is InChI=1S/C19H19N3O2S/c23-17(22-19-21-16(11-25-19)13-6-7-13)10-3-12-1-4-14(5-2-12)18(24)20-15-8-9-15/h1-5,10-11,13,15H,6-9H2,(H,20,24)(H,21,22,23)/b10-3+. The molecular weight excluding hydrogens is 334 g/mol. The molecule has 2 saturated carbocycles. The van der Waals surface area contributed by atoms with Crippen molar-refractivity contribution >= 4 is 34.4 Å². The lowest BCUT2D eigenvalue weighted by Gasteiger charge is -2.03. The van der Waals surface area contributed by atoms with Crippen molar-refractivity contribution in [2.24, 2.45) is 0 Å². The van der Waals surface area contributed by atoms with Crippen LogP contribution in [0.4, 0.5) is 5.13 Å². The van der Waals surface area contributed by atoms with Gasteiger partial charge in [-0.25, -0.2) is 4.98 Å². The molecule has 2 aromatic rings. The van der Waals surface area contributed by atoms with E-state index in [2.05, 4.69) is 15.6 Å². The zero-order valence-corrected chi connectivity index (χ0v) is 14.5. The van der Waals surface area contributed by atoms with Gasteiger partial charge in [0, 0.05) is 29.0 Å². The average molecular weight is 353 g/mol. The first kappa shape index (κ1) is 16.0. The number of amides is 2. The molecule has 0 spiro atoms. The lowest BCUT2D eigenvalue weighted by molar-refractivity contribution is -0.111. The normalized spacial score (nSPS) is 16.8. The highest BCUT2D eigenvalue weighted by Crippen LogP contribution is 2.40. The zero-order chi connectivity index (χ0) is 17.2. The van der Waals surface area contributed by atoms with E-state index in [0.29, 0.717) is 22.7 Å². The van der Waals surface area contributed by atoms with Gasteiger partial charge >= 0.3 is 0 Å². The highest BCUT2D eigenvalue weighted by atomic mass is 32.1. The summed E-state index contributed by atoms with van der Waals surface area (Å²) in [6.45, 7) is 0. The van der Waals surface area contributed by atoms with E-state index in [1.165, 1.54) is 30.3 Å². The molecule has 4 rings (SSSR count). The van der Waals surface area contributed by atoms with Crippen molar-refractivity contribution < 1.29 is 9.59 Å². The van der Waals surface area contributed by atoms with Crippen LogP contribution in [0.25, 0.3) is 6.08 Å². The quantitative estimate of drug-likeness (QED) is 0.780. The molecule has 2 N–H and O–H groups in total. The van der Waals surface area contributed by atoms with Gasteiger partial charge in [0.2, 0.25) is 5.91 Å². The topological polar surface area (TPSA) is 71.1 Å². The summed E-state index contributed by atoms with van der Waals surface area (Å²) in [6, 6.07) is 7.57. The number of nitrogens with zero attached hydrogens (tertiary/aromatic N) is 1. The fourth-order valence-corrected chi connectivity index (χ4v) is 3.27. The van der Waals surface area contributed by atoms with Gasteiger partial charge in [0.1, 0.15) is 0 Å². The van der Waals surface area contributed by atoms with Crippen molar-refractivity contribution in [2.45, 2.75) is 37.6 Å². The molecule has 6 heteroatoms. The van der Waals surface area contributed by atoms with Crippen molar-refractivity contribution in [1.82, 2.24) is 10.3 Å². The van der Waals surface area contributed by atoms with Crippen molar-refractivity contribution in [3.63, 3.8) is 0 Å². The first-order valence-electron chi connectivity index (χ1n) is 8.53. The Bertz CT molecular complexity index is 817. The van der Waals surface area contributed by atoms with Crippen LogP contribution < -0.4 is 10.6 Å². The first-order valence-corrected chi connectivity index (χ1v) is 9.41. The molecule has 0 saturated heterocycles. The van der Waals surface area contributed by atoms with Crippen LogP contribution in [0.5, 0.6) is 0 Å². The summed E-state index contributed by atoms with van der Waals surface area (Å²) in [5.41, 5.74) is 2.60. The highest BCUT2D eigenvalue weighted by Gasteiger charge is 2.26. The summed E-state index contributed by atoms with van der Waals surface area (Å²) >= 11 is 1.46. The molecule has 0 atom stereocenters. The average Bonchev–Trinajstić information content (AvgIpc) is 3.54. The number of thiazole rings is 1. The van der Waals surface area contributed by atoms with E-state index >= 15 is 0 Å². The third kappa shape index (κ3) is 4.33. The van der Waals surface area contributed by atoms with Gasteiger partial charge < -0.3 is 5.32 Å². The maximum atomic E-state index is 12.0. The molecule has 0 aliphatic heterocycles. The number of carbonyl (C=O) groups is 2. The molecule has 2 aliphatic carbocycles. The minimum Gasteiger partial charge on any atom is -0.349 e. The van der Waals surface area contributed by atoms with E-state index in [1.54, 1.807) is 18.2 Å². The smallest absolute Gasteiger partial charge is 0.251 e. The fraction of sp³-hybridized carbons (Fsp3) is 0.316. The number of carbonyl (C=O) groups excluding carboxylic acids is 2. The van der Waals surface area contributed by atoms with Crippen molar-refractivity contribution in [1.29, 1.82) is 0 Å². The molecule has 1 aromatic heterocycles. The van der Waals surface area contributed by atoms with E-state index in [4.69, 9.17) is 0 Å². The molecule has 1 heterocycles. The largest absolute Gasteiger partial charge is 0.349 e. The molecule has 2 aliphatic rings. The number of hydrogen-bond donors (Lipinski definition) is 2. The van der Waals surface area contributed by atoms with Crippen LogP contribution in [-0.2, 0) is 4.79 Å².